The fourth-order valence-electron chi connectivity index (χ4n) is 11.1. The number of hydrogen-bond acceptors (Lipinski definition) is 17. The van der Waals surface area contributed by atoms with Gasteiger partial charge < -0.3 is 42.9 Å². The van der Waals surface area contributed by atoms with E-state index in [0.717, 1.165) is 55.0 Å². The minimum atomic E-state index is -4.59. The van der Waals surface area contributed by atoms with Gasteiger partial charge in [-0.3, -0.25) is 28.2 Å². The summed E-state index contributed by atoms with van der Waals surface area (Å²) in [5.74, 6) is -1.76. The molecule has 19 nitrogen and oxygen atoms in total. The van der Waals surface area contributed by atoms with Crippen molar-refractivity contribution in [3.63, 3.8) is 0 Å². The Hall–Kier alpha value is -4.76. The van der Waals surface area contributed by atoms with E-state index in [1.807, 2.05) is 57.6 Å². The molecule has 1 amide bonds. The van der Waals surface area contributed by atoms with Crippen LogP contribution in [0, 0.1) is 0 Å². The number of para-hydroxylation sites is 1. The number of esters is 3. The van der Waals surface area contributed by atoms with E-state index in [0.29, 0.717) is 53.3 Å². The lowest BCUT2D eigenvalue weighted by Gasteiger charge is -2.35. The molecule has 0 radical (unpaired) electrons. The number of phosphoric ester groups is 1. The highest BCUT2D eigenvalue weighted by molar-refractivity contribution is 8.76. The van der Waals surface area contributed by atoms with Crippen LogP contribution in [0.1, 0.15) is 224 Å². The number of allylic oxidation sites excluding steroid dienone is 1. The predicted molar refractivity (Wildman–Crippen MR) is 357 cm³/mol. The maximum Gasteiger partial charge on any atom is 0.509 e. The van der Waals surface area contributed by atoms with E-state index in [2.05, 4.69) is 19.2 Å². The van der Waals surface area contributed by atoms with Crippen LogP contribution in [0.4, 0.5) is 4.79 Å². The lowest BCUT2D eigenvalue weighted by molar-refractivity contribution is -0.870. The monoisotopic (exact) mass is 1310 g/mol. The lowest BCUT2D eigenvalue weighted by atomic mass is 9.85. The number of carbonyl (C=O) groups excluding carboxylic acids is 5. The van der Waals surface area contributed by atoms with E-state index in [-0.39, 0.29) is 74.7 Å². The summed E-state index contributed by atoms with van der Waals surface area (Å²) >= 11 is 0. The van der Waals surface area contributed by atoms with Crippen LogP contribution in [0.15, 0.2) is 53.3 Å². The molecule has 2 aliphatic heterocycles. The normalized spacial score (nSPS) is 15.8. The Morgan fingerprint density at radius 2 is 1.32 bits per heavy atom. The van der Waals surface area contributed by atoms with E-state index < -0.39 is 56.2 Å². The highest BCUT2D eigenvalue weighted by Gasteiger charge is 2.51. The second-order valence-corrected chi connectivity index (χ2v) is 29.0. The second kappa shape index (κ2) is 41.7. The number of rotatable bonds is 49. The Labute approximate surface area is 543 Å². The molecular formula is C68H106N4O15PS2+. The zero-order chi connectivity index (χ0) is 65.0. The van der Waals surface area contributed by atoms with Gasteiger partial charge in [-0.15, -0.1) is 0 Å². The Morgan fingerprint density at radius 1 is 0.744 bits per heavy atom. The first-order chi connectivity index (χ1) is 43.4. The number of unbranched alkanes of at least 4 members (excludes halogenated alkanes) is 23. The summed E-state index contributed by atoms with van der Waals surface area (Å²) in [5, 5.41) is 3.88. The highest BCUT2D eigenvalue weighted by atomic mass is 33.1. The van der Waals surface area contributed by atoms with Crippen molar-refractivity contribution < 1.29 is 70.6 Å². The van der Waals surface area contributed by atoms with Crippen molar-refractivity contribution in [3.05, 3.63) is 75.6 Å². The number of quaternary nitrogens is 1. The molecule has 1 aromatic carbocycles. The van der Waals surface area contributed by atoms with Crippen molar-refractivity contribution in [2.75, 3.05) is 65.6 Å². The number of aromatic nitrogens is 2. The summed E-state index contributed by atoms with van der Waals surface area (Å²) in [5.41, 5.74) is 0.941. The van der Waals surface area contributed by atoms with Gasteiger partial charge in [-0.2, -0.15) is 0 Å². The Balaban J connectivity index is 1.09. The number of benzene rings is 1. The van der Waals surface area contributed by atoms with E-state index in [1.54, 1.807) is 23.6 Å². The van der Waals surface area contributed by atoms with Crippen molar-refractivity contribution in [2.45, 2.75) is 238 Å². The zero-order valence-electron chi connectivity index (χ0n) is 54.9. The SMILES string of the molecule is CCCCCCCCCCCCC/C=C/[C@@H](OC(=O)CCC(=O)OCCSSCCOC(=O)O[C@]1(CC)C(=O)OCc2c1cc1n(c2=O)Cc2cc3ccccc3nc2-1)[C@H](COP(=O)(O)OCC[N+](C)(C)C)NC(=O)CCCCCCCCCCCCCCC. The third kappa shape index (κ3) is 27.4. The number of cyclic esters (lactones) is 1. The standard InChI is InChI=1S/C68H105N4O15PS2/c1-7-10-12-14-16-18-20-22-24-26-28-30-32-38-60(58(52-85-88(79,80)84-43-42-72(4,5)6)69-61(73)39-33-31-29-27-25-23-21-19-17-15-13-11-8-2)86-63(75)41-40-62(74)81-44-46-89-90-47-45-82-67(78)87-68(9-3)56-49-59-64-54(48-53-36-34-35-37-57(53)70-64)50-71(59)65(76)55(56)51-83-66(68)77/h32,34-38,48-49,58,60H,7-31,33,39-47,50-52H2,1-6H3,(H-,69,73,79,80)/p+1/b38-32+/t58-,60+,68-/m0/s1. The molecule has 504 valence electrons. The molecular weight excluding hydrogens is 1210 g/mol. The lowest BCUT2D eigenvalue weighted by Crippen LogP contribution is -2.47. The molecule has 3 aromatic rings. The quantitative estimate of drug-likeness (QED) is 0.00795. The van der Waals surface area contributed by atoms with Gasteiger partial charge in [-0.05, 0) is 50.0 Å². The molecule has 2 N–H and O–H groups in total. The molecule has 5 rings (SSSR count). The molecule has 0 saturated carbocycles. The van der Waals surface area contributed by atoms with Crippen LogP contribution in [0.3, 0.4) is 0 Å². The fraction of sp³-hybridized carbons (Fsp3) is 0.691. The van der Waals surface area contributed by atoms with Gasteiger partial charge in [0.25, 0.3) is 5.56 Å². The van der Waals surface area contributed by atoms with Gasteiger partial charge in [-0.25, -0.2) is 19.1 Å². The second-order valence-electron chi connectivity index (χ2n) is 24.8. The third-order valence-electron chi connectivity index (χ3n) is 16.3. The number of ether oxygens (including phenoxy) is 5. The average Bonchev–Trinajstić information content (AvgIpc) is 1.36. The summed E-state index contributed by atoms with van der Waals surface area (Å²) in [6.07, 6.45) is 30.0. The minimum absolute atomic E-state index is 0.0175. The number of likely N-dealkylation sites (N-methyl/N-ethyl adjacent to an activating group) is 1. The van der Waals surface area contributed by atoms with Crippen LogP contribution in [0.2, 0.25) is 0 Å². The molecule has 22 heteroatoms. The van der Waals surface area contributed by atoms with Crippen LogP contribution in [0.5, 0.6) is 0 Å². The summed E-state index contributed by atoms with van der Waals surface area (Å²) in [6.45, 7) is 6.02. The minimum Gasteiger partial charge on any atom is -0.465 e. The van der Waals surface area contributed by atoms with Gasteiger partial charge in [-0.1, -0.05) is 208 Å². The number of nitrogens with one attached hydrogen (secondary N) is 1. The van der Waals surface area contributed by atoms with Crippen LogP contribution in [0.25, 0.3) is 22.3 Å². The Bertz CT molecular complexity index is 2830. The number of amides is 1. The van der Waals surface area contributed by atoms with Gasteiger partial charge in [0.15, 0.2) is 0 Å². The number of fused-ring (bicyclic) bond motifs is 5. The predicted octanol–water partition coefficient (Wildman–Crippen LogP) is 14.9. The maximum atomic E-state index is 13.9. The molecule has 0 saturated heterocycles. The molecule has 0 fully saturated rings. The first-order valence-electron chi connectivity index (χ1n) is 33.6. The van der Waals surface area contributed by atoms with Crippen LogP contribution in [-0.4, -0.2) is 127 Å². The fourth-order valence-corrected chi connectivity index (χ4v) is 13.5. The van der Waals surface area contributed by atoms with Crippen molar-refractivity contribution >= 4 is 70.3 Å². The molecule has 1 unspecified atom stereocenters. The molecule has 90 heavy (non-hydrogen) atoms. The van der Waals surface area contributed by atoms with Gasteiger partial charge in [0.05, 0.1) is 75.6 Å². The van der Waals surface area contributed by atoms with Crippen LogP contribution in [-0.2, 0) is 75.2 Å². The first kappa shape index (κ1) is 76.0. The molecule has 2 aromatic heterocycles. The zero-order valence-corrected chi connectivity index (χ0v) is 57.4. The van der Waals surface area contributed by atoms with Crippen molar-refractivity contribution in [1.29, 1.82) is 0 Å². The largest absolute Gasteiger partial charge is 0.509 e. The van der Waals surface area contributed by atoms with Gasteiger partial charge in [0.2, 0.25) is 11.5 Å². The number of phosphoric acid groups is 1. The van der Waals surface area contributed by atoms with Crippen LogP contribution >= 0.6 is 29.4 Å². The van der Waals surface area contributed by atoms with E-state index in [9.17, 15) is 38.2 Å². The summed E-state index contributed by atoms with van der Waals surface area (Å²) in [7, 11) is 3.91. The van der Waals surface area contributed by atoms with Gasteiger partial charge in [0, 0.05) is 34.4 Å². The molecule has 0 bridgehead atoms. The summed E-state index contributed by atoms with van der Waals surface area (Å²) in [4.78, 5) is 96.2. The van der Waals surface area contributed by atoms with Crippen LogP contribution < -0.4 is 10.9 Å². The van der Waals surface area contributed by atoms with Crippen molar-refractivity contribution in [3.8, 4) is 11.4 Å². The molecule has 2 aliphatic rings. The van der Waals surface area contributed by atoms with E-state index in [4.69, 9.17) is 37.7 Å². The van der Waals surface area contributed by atoms with Crippen molar-refractivity contribution in [2.24, 2.45) is 0 Å². The Kier molecular flexibility index (Phi) is 35.2. The molecule has 4 heterocycles. The topological polar surface area (TPSA) is 234 Å². The van der Waals surface area contributed by atoms with E-state index >= 15 is 0 Å². The van der Waals surface area contributed by atoms with Crippen molar-refractivity contribution in [1.82, 2.24) is 14.9 Å². The number of carbonyl (C=O) groups is 5. The van der Waals surface area contributed by atoms with E-state index in [1.165, 1.54) is 131 Å². The highest BCUT2D eigenvalue weighted by Crippen LogP contribution is 2.44. The summed E-state index contributed by atoms with van der Waals surface area (Å²) in [6, 6.07) is 10.3. The van der Waals surface area contributed by atoms with Gasteiger partial charge in [0.1, 0.15) is 39.1 Å². The number of pyridine rings is 2. The summed E-state index contributed by atoms with van der Waals surface area (Å²) < 4.78 is 54.1. The Morgan fingerprint density at radius 3 is 1.93 bits per heavy atom. The van der Waals surface area contributed by atoms with Gasteiger partial charge >= 0.3 is 31.9 Å². The number of nitrogens with zero attached hydrogens (tertiary/aromatic N) is 3. The number of hydrogen-bond donors (Lipinski definition) is 2. The smallest absolute Gasteiger partial charge is 0.465 e. The first-order valence-corrected chi connectivity index (χ1v) is 37.6. The molecule has 4 atom stereocenters. The molecule has 0 spiro atoms. The maximum absolute atomic E-state index is 13.9. The average molecular weight is 1310 g/mol. The molecule has 0 aliphatic carbocycles. The third-order valence-corrected chi connectivity index (χ3v) is 19.6.